The van der Waals surface area contributed by atoms with E-state index in [0.29, 0.717) is 25.3 Å². The lowest BCUT2D eigenvalue weighted by molar-refractivity contribution is -0.139. The van der Waals surface area contributed by atoms with Crippen molar-refractivity contribution in [2.45, 2.75) is 58.4 Å². The second-order valence-electron chi connectivity index (χ2n) is 6.39. The Morgan fingerprint density at radius 3 is 2.36 bits per heavy atom. The van der Waals surface area contributed by atoms with Gasteiger partial charge in [0.25, 0.3) is 5.91 Å². The minimum absolute atomic E-state index is 0.125. The Kier molecular flexibility index (Phi) is 5.08. The van der Waals surface area contributed by atoms with Crippen LogP contribution < -0.4 is 5.32 Å². The van der Waals surface area contributed by atoms with E-state index in [9.17, 15) is 14.4 Å². The van der Waals surface area contributed by atoms with Gasteiger partial charge in [0.05, 0.1) is 0 Å². The number of hydrogen-bond acceptors (Lipinski definition) is 3. The average molecular weight is 309 g/mol. The monoisotopic (exact) mass is 309 g/mol. The number of urea groups is 1. The lowest BCUT2D eigenvalue weighted by Crippen LogP contribution is -2.47. The maximum absolute atomic E-state index is 12.5. The lowest BCUT2D eigenvalue weighted by atomic mass is 9.93. The Labute approximate surface area is 132 Å². The van der Waals surface area contributed by atoms with Gasteiger partial charge >= 0.3 is 6.03 Å². The maximum Gasteiger partial charge on any atom is 0.325 e. The van der Waals surface area contributed by atoms with Crippen LogP contribution in [0.3, 0.4) is 0 Å². The fourth-order valence-corrected chi connectivity index (χ4v) is 2.98. The van der Waals surface area contributed by atoms with Crippen molar-refractivity contribution >= 4 is 17.8 Å². The predicted molar refractivity (Wildman–Crippen MR) is 83.2 cm³/mol. The molecule has 1 aliphatic heterocycles. The number of carbonyl (C=O) groups is 3. The number of carbonyl (C=O) groups excluding carboxylic acids is 3. The standard InChI is InChI=1S/C16H27N3O3/c1-4-9-18(10-12-7-8-12)13(20)11-19-14(21)16(5-2,6-3)17-15(19)22/h12H,4-11H2,1-3H3,(H,17,22). The molecule has 0 radical (unpaired) electrons. The van der Waals surface area contributed by atoms with E-state index < -0.39 is 11.6 Å². The van der Waals surface area contributed by atoms with Crippen LogP contribution in [0.1, 0.15) is 52.9 Å². The molecule has 0 atom stereocenters. The van der Waals surface area contributed by atoms with Crippen molar-refractivity contribution in [3.05, 3.63) is 0 Å². The largest absolute Gasteiger partial charge is 0.341 e. The number of amides is 4. The van der Waals surface area contributed by atoms with Crippen LogP contribution >= 0.6 is 0 Å². The van der Waals surface area contributed by atoms with Crippen molar-refractivity contribution in [1.82, 2.24) is 15.1 Å². The first kappa shape index (κ1) is 16.8. The molecule has 2 aliphatic rings. The molecule has 2 fully saturated rings. The maximum atomic E-state index is 12.5. The molecule has 0 aromatic carbocycles. The smallest absolute Gasteiger partial charge is 0.325 e. The molecule has 1 saturated carbocycles. The Morgan fingerprint density at radius 2 is 1.91 bits per heavy atom. The summed E-state index contributed by atoms with van der Waals surface area (Å²) in [7, 11) is 0. The zero-order valence-electron chi connectivity index (χ0n) is 13.9. The fourth-order valence-electron chi connectivity index (χ4n) is 2.98. The third-order valence-electron chi connectivity index (χ3n) is 4.77. The first-order valence-electron chi connectivity index (χ1n) is 8.39. The number of nitrogens with zero attached hydrogens (tertiary/aromatic N) is 2. The summed E-state index contributed by atoms with van der Waals surface area (Å²) in [6, 6.07) is -0.440. The molecule has 124 valence electrons. The van der Waals surface area contributed by atoms with Gasteiger partial charge in [0.1, 0.15) is 12.1 Å². The third-order valence-corrected chi connectivity index (χ3v) is 4.77. The van der Waals surface area contributed by atoms with E-state index in [2.05, 4.69) is 5.32 Å². The molecule has 1 N–H and O–H groups in total. The van der Waals surface area contributed by atoms with Crippen molar-refractivity contribution in [1.29, 1.82) is 0 Å². The molecule has 4 amide bonds. The van der Waals surface area contributed by atoms with Gasteiger partial charge in [-0.25, -0.2) is 4.79 Å². The van der Waals surface area contributed by atoms with Gasteiger partial charge in [-0.15, -0.1) is 0 Å². The second kappa shape index (κ2) is 6.67. The van der Waals surface area contributed by atoms with Crippen molar-refractivity contribution < 1.29 is 14.4 Å². The van der Waals surface area contributed by atoms with Gasteiger partial charge in [0.15, 0.2) is 0 Å². The number of nitrogens with one attached hydrogen (secondary N) is 1. The van der Waals surface area contributed by atoms with Crippen molar-refractivity contribution in [3.8, 4) is 0 Å². The van der Waals surface area contributed by atoms with E-state index in [1.54, 1.807) is 4.90 Å². The summed E-state index contributed by atoms with van der Waals surface area (Å²) in [5, 5.41) is 2.76. The summed E-state index contributed by atoms with van der Waals surface area (Å²) in [6.45, 7) is 7.08. The number of imide groups is 1. The zero-order valence-corrected chi connectivity index (χ0v) is 13.9. The van der Waals surface area contributed by atoms with Crippen LogP contribution in [0.5, 0.6) is 0 Å². The van der Waals surface area contributed by atoms with Crippen LogP contribution in [0.25, 0.3) is 0 Å². The summed E-state index contributed by atoms with van der Waals surface area (Å²) in [4.78, 5) is 40.0. The molecule has 1 saturated heterocycles. The van der Waals surface area contributed by atoms with Crippen LogP contribution in [-0.4, -0.2) is 52.8 Å². The van der Waals surface area contributed by atoms with Crippen LogP contribution in [-0.2, 0) is 9.59 Å². The molecule has 6 nitrogen and oxygen atoms in total. The molecule has 22 heavy (non-hydrogen) atoms. The van der Waals surface area contributed by atoms with Gasteiger partial charge in [-0.2, -0.15) is 0 Å². The van der Waals surface area contributed by atoms with Gasteiger partial charge < -0.3 is 10.2 Å². The quantitative estimate of drug-likeness (QED) is 0.694. The molecule has 0 bridgehead atoms. The minimum Gasteiger partial charge on any atom is -0.341 e. The van der Waals surface area contributed by atoms with Gasteiger partial charge in [0.2, 0.25) is 5.91 Å². The molecule has 0 spiro atoms. The Morgan fingerprint density at radius 1 is 1.27 bits per heavy atom. The van der Waals surface area contributed by atoms with E-state index in [0.717, 1.165) is 17.9 Å². The topological polar surface area (TPSA) is 69.7 Å². The first-order chi connectivity index (χ1) is 10.5. The Bertz CT molecular complexity index is 456. The van der Waals surface area contributed by atoms with E-state index in [1.165, 1.54) is 12.8 Å². The highest BCUT2D eigenvalue weighted by atomic mass is 16.2. The molecular formula is C16H27N3O3. The second-order valence-corrected chi connectivity index (χ2v) is 6.39. The molecule has 6 heteroatoms. The zero-order chi connectivity index (χ0) is 16.3. The average Bonchev–Trinajstić information content (AvgIpc) is 3.29. The van der Waals surface area contributed by atoms with Crippen molar-refractivity contribution in [3.63, 3.8) is 0 Å². The van der Waals surface area contributed by atoms with Gasteiger partial charge in [-0.3, -0.25) is 14.5 Å². The predicted octanol–water partition coefficient (Wildman–Crippen LogP) is 1.75. The van der Waals surface area contributed by atoms with Crippen LogP contribution in [0, 0.1) is 5.92 Å². The SMILES string of the molecule is CCCN(CC1CC1)C(=O)CN1C(=O)NC(CC)(CC)C1=O. The highest BCUT2D eigenvalue weighted by Crippen LogP contribution is 2.30. The fraction of sp³-hybridized carbons (Fsp3) is 0.812. The van der Waals surface area contributed by atoms with Crippen molar-refractivity contribution in [2.75, 3.05) is 19.6 Å². The van der Waals surface area contributed by atoms with Crippen LogP contribution in [0.4, 0.5) is 4.79 Å². The molecule has 0 aromatic rings. The number of hydrogen-bond donors (Lipinski definition) is 1. The summed E-state index contributed by atoms with van der Waals surface area (Å²) in [5.41, 5.74) is -0.830. The van der Waals surface area contributed by atoms with Gasteiger partial charge in [0, 0.05) is 13.1 Å². The first-order valence-corrected chi connectivity index (χ1v) is 8.39. The molecule has 1 heterocycles. The highest BCUT2D eigenvalue weighted by molar-refractivity contribution is 6.08. The Hall–Kier alpha value is -1.59. The van der Waals surface area contributed by atoms with Gasteiger partial charge in [-0.1, -0.05) is 20.8 Å². The lowest BCUT2D eigenvalue weighted by Gasteiger charge is -2.25. The molecular weight excluding hydrogens is 282 g/mol. The van der Waals surface area contributed by atoms with E-state index >= 15 is 0 Å². The van der Waals surface area contributed by atoms with Gasteiger partial charge in [-0.05, 0) is 38.0 Å². The van der Waals surface area contributed by atoms with Crippen molar-refractivity contribution in [2.24, 2.45) is 5.92 Å². The van der Waals surface area contributed by atoms with E-state index in [-0.39, 0.29) is 18.4 Å². The highest BCUT2D eigenvalue weighted by Gasteiger charge is 2.49. The minimum atomic E-state index is -0.830. The van der Waals surface area contributed by atoms with Crippen LogP contribution in [0.2, 0.25) is 0 Å². The molecule has 2 rings (SSSR count). The van der Waals surface area contributed by atoms with Crippen LogP contribution in [0.15, 0.2) is 0 Å². The molecule has 0 aromatic heterocycles. The summed E-state index contributed by atoms with van der Waals surface area (Å²) in [5.74, 6) is 0.211. The third kappa shape index (κ3) is 3.25. The molecule has 1 aliphatic carbocycles. The summed E-state index contributed by atoms with van der Waals surface area (Å²) in [6.07, 6.45) is 4.31. The summed E-state index contributed by atoms with van der Waals surface area (Å²) >= 11 is 0. The molecule has 0 unspecified atom stereocenters. The number of rotatable bonds is 8. The summed E-state index contributed by atoms with van der Waals surface area (Å²) < 4.78 is 0. The van der Waals surface area contributed by atoms with E-state index in [1.807, 2.05) is 20.8 Å². The normalized spacial score (nSPS) is 20.2. The Balaban J connectivity index is 2.03. The van der Waals surface area contributed by atoms with E-state index in [4.69, 9.17) is 0 Å².